The van der Waals surface area contributed by atoms with Crippen LogP contribution < -0.4 is 14.9 Å². The average Bonchev–Trinajstić information content (AvgIpc) is 3.60. The Morgan fingerprint density at radius 2 is 1.69 bits per heavy atom. The summed E-state index contributed by atoms with van der Waals surface area (Å²) < 4.78 is 39.9. The van der Waals surface area contributed by atoms with Crippen molar-refractivity contribution in [3.63, 3.8) is 0 Å². The van der Waals surface area contributed by atoms with Gasteiger partial charge in [-0.25, -0.2) is 8.42 Å². The topological polar surface area (TPSA) is 183 Å². The molecule has 0 bridgehead atoms. The average molecular weight is 728 g/mol. The van der Waals surface area contributed by atoms with Crippen LogP contribution in [-0.4, -0.2) is 71.6 Å². The Hall–Kier alpha value is -5.62. The number of hydrazone groups is 1. The van der Waals surface area contributed by atoms with E-state index >= 15 is 0 Å². The molecule has 2 aliphatic rings. The van der Waals surface area contributed by atoms with Crippen molar-refractivity contribution in [1.29, 1.82) is 0 Å². The number of nitro benzene ring substituents is 2. The van der Waals surface area contributed by atoms with Gasteiger partial charge in [0.2, 0.25) is 16.8 Å². The predicted molar refractivity (Wildman–Crippen MR) is 190 cm³/mol. The van der Waals surface area contributed by atoms with Crippen LogP contribution in [0.1, 0.15) is 11.1 Å². The molecule has 0 aliphatic carbocycles. The van der Waals surface area contributed by atoms with Gasteiger partial charge in [-0.1, -0.05) is 42.1 Å². The van der Waals surface area contributed by atoms with Crippen LogP contribution in [0.5, 0.6) is 11.5 Å². The molecule has 0 radical (unpaired) electrons. The number of aromatic nitrogens is 1. The van der Waals surface area contributed by atoms with Gasteiger partial charge in [-0.2, -0.15) is 9.41 Å². The summed E-state index contributed by atoms with van der Waals surface area (Å²) in [4.78, 5) is 29.9. The van der Waals surface area contributed by atoms with E-state index in [4.69, 9.17) is 9.47 Å². The number of pyridine rings is 1. The predicted octanol–water partition coefficient (Wildman–Crippen LogP) is 5.88. The van der Waals surface area contributed by atoms with Gasteiger partial charge >= 0.3 is 0 Å². The molecular formula is C34H29N7O8S2. The fourth-order valence-electron chi connectivity index (χ4n) is 5.79. The maximum absolute atomic E-state index is 13.9. The summed E-state index contributed by atoms with van der Waals surface area (Å²) in [6.07, 6.45) is 2.98. The standard InChI is InChI=1S/C34H29N7O8S2/c42-40(43)26-8-9-27(33(19-26)51(46,47)39-15-13-38(14-16-39)21-24-6-10-29-30(18-24)49-22-48-29)37-36-20-23-7-11-31(28(17-23)41(44)45)50-32-5-1-3-25-4-2-12-35-34(25)32/h1-12,17-20,37H,13-16,21-22H2/b36-20-. The molecule has 51 heavy (non-hydrogen) atoms. The molecule has 0 amide bonds. The second kappa shape index (κ2) is 14.3. The van der Waals surface area contributed by atoms with Crippen molar-refractivity contribution in [1.82, 2.24) is 14.2 Å². The van der Waals surface area contributed by atoms with Crippen molar-refractivity contribution in [3.05, 3.63) is 122 Å². The molecule has 1 fully saturated rings. The van der Waals surface area contributed by atoms with E-state index in [1.165, 1.54) is 40.5 Å². The molecule has 0 saturated carbocycles. The number of nitrogens with zero attached hydrogens (tertiary/aromatic N) is 6. The summed E-state index contributed by atoms with van der Waals surface area (Å²) in [5.74, 6) is 1.36. The monoisotopic (exact) mass is 727 g/mol. The Bertz CT molecular complexity index is 2290. The second-order valence-electron chi connectivity index (χ2n) is 11.6. The first-order valence-corrected chi connectivity index (χ1v) is 17.9. The minimum absolute atomic E-state index is 0.0183. The molecule has 260 valence electrons. The van der Waals surface area contributed by atoms with Crippen LogP contribution in [0, 0.1) is 20.2 Å². The van der Waals surface area contributed by atoms with E-state index in [-0.39, 0.29) is 36.2 Å². The van der Waals surface area contributed by atoms with Crippen molar-refractivity contribution >= 4 is 56.0 Å². The van der Waals surface area contributed by atoms with Crippen molar-refractivity contribution in [3.8, 4) is 11.5 Å². The van der Waals surface area contributed by atoms with E-state index in [9.17, 15) is 28.6 Å². The maximum atomic E-state index is 13.9. The number of sulfonamides is 1. The molecule has 3 heterocycles. The number of benzene rings is 4. The number of rotatable bonds is 11. The van der Waals surface area contributed by atoms with Gasteiger partial charge in [0.05, 0.1) is 32.2 Å². The van der Waals surface area contributed by atoms with Gasteiger partial charge in [0, 0.05) is 73.0 Å². The molecule has 4 aromatic carbocycles. The van der Waals surface area contributed by atoms with Crippen molar-refractivity contribution < 1.29 is 27.7 Å². The van der Waals surface area contributed by atoms with Crippen LogP contribution in [0.25, 0.3) is 10.9 Å². The lowest BCUT2D eigenvalue weighted by Gasteiger charge is -2.34. The number of nitro groups is 2. The molecule has 1 saturated heterocycles. The number of nitrogens with one attached hydrogen (secondary N) is 1. The van der Waals surface area contributed by atoms with E-state index in [1.54, 1.807) is 18.3 Å². The third-order valence-electron chi connectivity index (χ3n) is 8.36. The quantitative estimate of drug-likeness (QED) is 0.0970. The van der Waals surface area contributed by atoms with Crippen LogP contribution in [-0.2, 0) is 16.6 Å². The fraction of sp³-hybridized carbons (Fsp3) is 0.176. The van der Waals surface area contributed by atoms with E-state index in [0.717, 1.165) is 27.4 Å². The first kappa shape index (κ1) is 33.9. The normalized spacial score (nSPS) is 15.0. The van der Waals surface area contributed by atoms with Crippen LogP contribution in [0.4, 0.5) is 17.1 Å². The molecule has 0 unspecified atom stereocenters. The molecular weight excluding hydrogens is 699 g/mol. The van der Waals surface area contributed by atoms with Crippen molar-refractivity contribution in [2.24, 2.45) is 5.10 Å². The number of hydrogen-bond acceptors (Lipinski definition) is 13. The van der Waals surface area contributed by atoms with E-state index < -0.39 is 25.6 Å². The van der Waals surface area contributed by atoms with E-state index in [0.29, 0.717) is 41.6 Å². The molecule has 15 nitrogen and oxygen atoms in total. The summed E-state index contributed by atoms with van der Waals surface area (Å²) in [7, 11) is -4.18. The highest BCUT2D eigenvalue weighted by Crippen LogP contribution is 2.38. The van der Waals surface area contributed by atoms with Gasteiger partial charge in [0.25, 0.3) is 11.4 Å². The third kappa shape index (κ3) is 7.32. The van der Waals surface area contributed by atoms with Gasteiger partial charge in [-0.15, -0.1) is 0 Å². The Kier molecular flexibility index (Phi) is 9.50. The molecule has 1 N–H and O–H groups in total. The van der Waals surface area contributed by atoms with E-state index in [2.05, 4.69) is 20.4 Å². The molecule has 0 spiro atoms. The van der Waals surface area contributed by atoms with Gasteiger partial charge in [0.1, 0.15) is 4.90 Å². The smallest absolute Gasteiger partial charge is 0.283 e. The van der Waals surface area contributed by atoms with Gasteiger partial charge < -0.3 is 9.47 Å². The van der Waals surface area contributed by atoms with Crippen molar-refractivity contribution in [2.75, 3.05) is 38.4 Å². The molecule has 5 aromatic rings. The Morgan fingerprint density at radius 3 is 2.49 bits per heavy atom. The summed E-state index contributed by atoms with van der Waals surface area (Å²) >= 11 is 1.22. The van der Waals surface area contributed by atoms with E-state index in [1.807, 2.05) is 48.5 Å². The minimum Gasteiger partial charge on any atom is -0.454 e. The largest absolute Gasteiger partial charge is 0.454 e. The fourth-order valence-corrected chi connectivity index (χ4v) is 8.40. The Balaban J connectivity index is 1.07. The van der Waals surface area contributed by atoms with Crippen LogP contribution in [0.15, 0.2) is 111 Å². The molecule has 1 aromatic heterocycles. The third-order valence-corrected chi connectivity index (χ3v) is 11.4. The van der Waals surface area contributed by atoms with Gasteiger partial charge in [-0.3, -0.25) is 35.5 Å². The summed E-state index contributed by atoms with van der Waals surface area (Å²) in [6.45, 7) is 1.97. The highest BCUT2D eigenvalue weighted by molar-refractivity contribution is 7.99. The molecule has 7 rings (SSSR count). The van der Waals surface area contributed by atoms with Gasteiger partial charge in [-0.05, 0) is 42.0 Å². The zero-order chi connectivity index (χ0) is 35.5. The summed E-state index contributed by atoms with van der Waals surface area (Å²) in [6, 6.07) is 23.1. The minimum atomic E-state index is -4.18. The summed E-state index contributed by atoms with van der Waals surface area (Å²) in [5.41, 5.74) is 4.26. The van der Waals surface area contributed by atoms with Crippen molar-refractivity contribution in [2.45, 2.75) is 21.2 Å². The number of piperazine rings is 1. The Labute approximate surface area is 295 Å². The molecule has 2 aliphatic heterocycles. The zero-order valence-corrected chi connectivity index (χ0v) is 28.4. The lowest BCUT2D eigenvalue weighted by molar-refractivity contribution is -0.387. The zero-order valence-electron chi connectivity index (χ0n) is 26.7. The van der Waals surface area contributed by atoms with Crippen LogP contribution >= 0.6 is 11.8 Å². The Morgan fingerprint density at radius 1 is 0.882 bits per heavy atom. The van der Waals surface area contributed by atoms with Crippen LogP contribution in [0.2, 0.25) is 0 Å². The SMILES string of the molecule is O=[N+]([O-])c1ccc(N/N=C\c2ccc(Sc3cccc4cccnc34)c([N+](=O)[O-])c2)c(S(=O)(=O)N2CCN(Cc3ccc4c(c3)OCO4)CC2)c1. The first-order chi connectivity index (χ1) is 24.7. The second-order valence-corrected chi connectivity index (χ2v) is 14.6. The maximum Gasteiger partial charge on any atom is 0.283 e. The molecule has 17 heteroatoms. The number of anilines is 1. The van der Waals surface area contributed by atoms with Gasteiger partial charge in [0.15, 0.2) is 11.5 Å². The van der Waals surface area contributed by atoms with Crippen LogP contribution in [0.3, 0.4) is 0 Å². The first-order valence-electron chi connectivity index (χ1n) is 15.6. The number of non-ortho nitro benzene ring substituents is 1. The number of para-hydroxylation sites is 1. The highest BCUT2D eigenvalue weighted by Gasteiger charge is 2.32. The molecule has 0 atom stereocenters. The lowest BCUT2D eigenvalue weighted by Crippen LogP contribution is -2.48. The summed E-state index contributed by atoms with van der Waals surface area (Å²) in [5, 5.41) is 28.7. The number of hydrogen-bond donors (Lipinski definition) is 1. The lowest BCUT2D eigenvalue weighted by atomic mass is 10.2. The highest BCUT2D eigenvalue weighted by atomic mass is 32.2. The number of fused-ring (bicyclic) bond motifs is 2. The number of ether oxygens (including phenoxy) is 2.